The van der Waals surface area contributed by atoms with E-state index in [4.69, 9.17) is 30.8 Å². The summed E-state index contributed by atoms with van der Waals surface area (Å²) in [6.45, 7) is 17.8. The molecule has 2 heterocycles. The Kier molecular flexibility index (Phi) is 11.7. The fourth-order valence-electron chi connectivity index (χ4n) is 5.78. The summed E-state index contributed by atoms with van der Waals surface area (Å²) >= 11 is 5.97. The fraction of sp³-hybridized carbons (Fsp3) is 0.421. The number of nitrogens with zero attached hydrogens (tertiary/aromatic N) is 2. The van der Waals surface area contributed by atoms with Crippen LogP contribution in [0.5, 0.6) is 5.75 Å². The molecule has 246 valence electrons. The van der Waals surface area contributed by atoms with Gasteiger partial charge in [-0.2, -0.15) is 0 Å². The molecule has 1 aromatic heterocycles. The van der Waals surface area contributed by atoms with E-state index < -0.39 is 17.7 Å². The summed E-state index contributed by atoms with van der Waals surface area (Å²) in [5, 5.41) is 11.2. The maximum Gasteiger partial charge on any atom is 0.337 e. The van der Waals surface area contributed by atoms with E-state index in [1.165, 1.54) is 0 Å². The van der Waals surface area contributed by atoms with Crippen molar-refractivity contribution in [3.63, 3.8) is 0 Å². The lowest BCUT2D eigenvalue weighted by Crippen LogP contribution is -2.45. The van der Waals surface area contributed by atoms with E-state index in [9.17, 15) is 9.90 Å². The van der Waals surface area contributed by atoms with Crippen molar-refractivity contribution in [3.8, 4) is 16.9 Å². The third kappa shape index (κ3) is 9.21. The number of aliphatic carboxylic acids is 1. The SMILES string of the molecule is C=CCOC1(C)CCN(c2c(-c3ccc(OCCC=Cc4ccc(Cl)cc4)cc3)c(C)nc(C)c2C(OC(C)(C)C)C(=O)O)CC1. The van der Waals surface area contributed by atoms with Crippen molar-refractivity contribution >= 4 is 29.3 Å². The summed E-state index contributed by atoms with van der Waals surface area (Å²) < 4.78 is 18.4. The number of aryl methyl sites for hydroxylation is 2. The van der Waals surface area contributed by atoms with Crippen molar-refractivity contribution in [2.75, 3.05) is 31.2 Å². The Morgan fingerprint density at radius 3 is 2.33 bits per heavy atom. The van der Waals surface area contributed by atoms with Crippen LogP contribution in [0, 0.1) is 13.8 Å². The number of piperidine rings is 1. The summed E-state index contributed by atoms with van der Waals surface area (Å²) in [5.74, 6) is -0.281. The highest BCUT2D eigenvalue weighted by molar-refractivity contribution is 6.30. The van der Waals surface area contributed by atoms with Gasteiger partial charge in [-0.1, -0.05) is 54.1 Å². The maximum absolute atomic E-state index is 12.8. The van der Waals surface area contributed by atoms with E-state index in [2.05, 4.69) is 30.6 Å². The van der Waals surface area contributed by atoms with E-state index in [-0.39, 0.29) is 5.60 Å². The van der Waals surface area contributed by atoms with Gasteiger partial charge in [-0.15, -0.1) is 6.58 Å². The molecule has 0 amide bonds. The second-order valence-corrected chi connectivity index (χ2v) is 13.5. The van der Waals surface area contributed by atoms with Crippen LogP contribution >= 0.6 is 11.6 Å². The summed E-state index contributed by atoms with van der Waals surface area (Å²) in [6, 6.07) is 15.7. The molecule has 1 aliphatic rings. The maximum atomic E-state index is 12.8. The first-order valence-electron chi connectivity index (χ1n) is 15.9. The highest BCUT2D eigenvalue weighted by atomic mass is 35.5. The molecular formula is C38H47ClN2O5. The first kappa shape index (κ1) is 35.2. The Balaban J connectivity index is 1.65. The molecule has 0 spiro atoms. The van der Waals surface area contributed by atoms with Crippen LogP contribution in [0.3, 0.4) is 0 Å². The van der Waals surface area contributed by atoms with Crippen molar-refractivity contribution in [1.29, 1.82) is 0 Å². The molecule has 1 aliphatic heterocycles. The number of benzene rings is 2. The fourth-order valence-corrected chi connectivity index (χ4v) is 5.91. The predicted octanol–water partition coefficient (Wildman–Crippen LogP) is 9.00. The summed E-state index contributed by atoms with van der Waals surface area (Å²) in [5.41, 5.74) is 4.89. The van der Waals surface area contributed by atoms with E-state index in [0.29, 0.717) is 37.6 Å². The van der Waals surface area contributed by atoms with Crippen molar-refractivity contribution in [3.05, 3.63) is 94.8 Å². The Morgan fingerprint density at radius 2 is 1.74 bits per heavy atom. The molecule has 0 aliphatic carbocycles. The molecule has 7 nitrogen and oxygen atoms in total. The van der Waals surface area contributed by atoms with E-state index in [0.717, 1.165) is 58.1 Å². The quantitative estimate of drug-likeness (QED) is 0.147. The summed E-state index contributed by atoms with van der Waals surface area (Å²) in [6.07, 6.45) is 7.06. The van der Waals surface area contributed by atoms with Crippen LogP contribution in [-0.4, -0.2) is 53.6 Å². The first-order valence-corrected chi connectivity index (χ1v) is 16.2. The molecule has 1 atom stereocenters. The van der Waals surface area contributed by atoms with E-state index in [1.807, 2.05) is 83.1 Å². The molecule has 4 rings (SSSR count). The van der Waals surface area contributed by atoms with Crippen LogP contribution in [0.1, 0.15) is 75.6 Å². The number of carboxylic acids is 1. The highest BCUT2D eigenvalue weighted by Gasteiger charge is 2.37. The molecule has 0 bridgehead atoms. The third-order valence-corrected chi connectivity index (χ3v) is 8.35. The molecule has 1 saturated heterocycles. The van der Waals surface area contributed by atoms with Crippen molar-refractivity contribution in [2.24, 2.45) is 0 Å². The van der Waals surface area contributed by atoms with Crippen molar-refractivity contribution in [2.45, 2.75) is 78.1 Å². The molecule has 1 fully saturated rings. The van der Waals surface area contributed by atoms with Gasteiger partial charge >= 0.3 is 5.97 Å². The second kappa shape index (κ2) is 15.3. The van der Waals surface area contributed by atoms with Gasteiger partial charge in [0.25, 0.3) is 0 Å². The van der Waals surface area contributed by atoms with Crippen LogP contribution in [0.15, 0.2) is 67.3 Å². The third-order valence-electron chi connectivity index (χ3n) is 8.10. The number of hydrogen-bond donors (Lipinski definition) is 1. The summed E-state index contributed by atoms with van der Waals surface area (Å²) in [4.78, 5) is 19.9. The zero-order valence-corrected chi connectivity index (χ0v) is 28.7. The smallest absolute Gasteiger partial charge is 0.337 e. The molecule has 0 radical (unpaired) electrons. The number of carbonyl (C=O) groups is 1. The topological polar surface area (TPSA) is 81.1 Å². The monoisotopic (exact) mass is 646 g/mol. The molecule has 1 unspecified atom stereocenters. The van der Waals surface area contributed by atoms with Gasteiger partial charge in [-0.3, -0.25) is 4.98 Å². The molecule has 3 aromatic rings. The minimum Gasteiger partial charge on any atom is -0.493 e. The molecule has 2 aromatic carbocycles. The van der Waals surface area contributed by atoms with Gasteiger partial charge in [0, 0.05) is 40.6 Å². The lowest BCUT2D eigenvalue weighted by molar-refractivity contribution is -0.160. The average molecular weight is 647 g/mol. The first-order chi connectivity index (χ1) is 21.8. The van der Waals surface area contributed by atoms with Crippen LogP contribution in [0.2, 0.25) is 5.02 Å². The number of carboxylic acid groups (broad SMARTS) is 1. The lowest BCUT2D eigenvalue weighted by atomic mass is 9.89. The van der Waals surface area contributed by atoms with Gasteiger partial charge in [-0.25, -0.2) is 4.79 Å². The van der Waals surface area contributed by atoms with E-state index >= 15 is 0 Å². The van der Waals surface area contributed by atoms with Gasteiger partial charge < -0.3 is 24.2 Å². The lowest BCUT2D eigenvalue weighted by Gasteiger charge is -2.42. The molecule has 46 heavy (non-hydrogen) atoms. The largest absolute Gasteiger partial charge is 0.493 e. The molecule has 8 heteroatoms. The zero-order chi connectivity index (χ0) is 33.5. The minimum atomic E-state index is -1.18. The van der Waals surface area contributed by atoms with Crippen LogP contribution in [-0.2, 0) is 14.3 Å². The predicted molar refractivity (Wildman–Crippen MR) is 187 cm³/mol. The average Bonchev–Trinajstić information content (AvgIpc) is 3.00. The Bertz CT molecular complexity index is 1520. The molecular weight excluding hydrogens is 600 g/mol. The number of rotatable bonds is 13. The number of pyridine rings is 1. The zero-order valence-electron chi connectivity index (χ0n) is 27.9. The number of halogens is 1. The van der Waals surface area contributed by atoms with Gasteiger partial charge in [0.05, 0.1) is 30.1 Å². The number of aromatic nitrogens is 1. The standard InChI is InChI=1S/C38H47ClN2O5/c1-8-24-45-38(7)20-22-41(23-21-38)34-32(26(2)40-27(3)33(34)35(36(42)43)46-37(4,5)6)29-14-18-31(19-15-29)44-25-10-9-11-28-12-16-30(39)17-13-28/h8-9,11-19,35H,1,10,20-25H2,2-7H3,(H,42,43). The number of hydrogen-bond acceptors (Lipinski definition) is 6. The minimum absolute atomic E-state index is 0.279. The second-order valence-electron chi connectivity index (χ2n) is 13.0. The number of anilines is 1. The van der Waals surface area contributed by atoms with Crippen molar-refractivity contribution in [1.82, 2.24) is 4.98 Å². The van der Waals surface area contributed by atoms with Gasteiger partial charge in [0.15, 0.2) is 6.10 Å². The highest BCUT2D eigenvalue weighted by Crippen LogP contribution is 2.44. The summed E-state index contributed by atoms with van der Waals surface area (Å²) in [7, 11) is 0. The Labute approximate surface area is 278 Å². The Hall–Kier alpha value is -3.65. The van der Waals surface area contributed by atoms with Crippen LogP contribution in [0.25, 0.3) is 17.2 Å². The van der Waals surface area contributed by atoms with Gasteiger partial charge in [-0.05, 0) is 96.2 Å². The van der Waals surface area contributed by atoms with Gasteiger partial charge in [0.1, 0.15) is 5.75 Å². The number of ether oxygens (including phenoxy) is 3. The normalized spacial score (nSPS) is 15.6. The van der Waals surface area contributed by atoms with Crippen molar-refractivity contribution < 1.29 is 24.1 Å². The van der Waals surface area contributed by atoms with Crippen LogP contribution in [0.4, 0.5) is 5.69 Å². The molecule has 1 N–H and O–H groups in total. The Morgan fingerprint density at radius 1 is 1.09 bits per heavy atom. The molecule has 0 saturated carbocycles. The van der Waals surface area contributed by atoms with Crippen LogP contribution < -0.4 is 9.64 Å². The van der Waals surface area contributed by atoms with Gasteiger partial charge in [0.2, 0.25) is 0 Å². The van der Waals surface area contributed by atoms with E-state index in [1.54, 1.807) is 6.08 Å².